The van der Waals surface area contributed by atoms with Gasteiger partial charge >= 0.3 is 0 Å². The van der Waals surface area contributed by atoms with E-state index in [1.807, 2.05) is 0 Å². The highest BCUT2D eigenvalue weighted by Gasteiger charge is 2.23. The van der Waals surface area contributed by atoms with Crippen molar-refractivity contribution in [2.45, 2.75) is 12.5 Å². The van der Waals surface area contributed by atoms with Gasteiger partial charge in [-0.15, -0.1) is 0 Å². The molecule has 1 fully saturated rings. The molecule has 20 heavy (non-hydrogen) atoms. The fourth-order valence-corrected chi connectivity index (χ4v) is 3.53. The Balaban J connectivity index is 1.75. The number of carbonyl (C=O) groups excluding carboxylic acids is 1. The lowest BCUT2D eigenvalue weighted by atomic mass is 10.2. The number of rotatable bonds is 3. The highest BCUT2D eigenvalue weighted by Crippen LogP contribution is 2.09. The first-order chi connectivity index (χ1) is 9.72. The summed E-state index contributed by atoms with van der Waals surface area (Å²) < 4.78 is 12.9. The Morgan fingerprint density at radius 2 is 2.30 bits per heavy atom. The normalized spacial score (nSPS) is 21.8. The van der Waals surface area contributed by atoms with Crippen LogP contribution in [0.5, 0.6) is 0 Å². The molecule has 1 N–H and O–H groups in total. The van der Waals surface area contributed by atoms with Crippen molar-refractivity contribution in [2.75, 3.05) is 11.5 Å². The minimum Gasteiger partial charge on any atom is -0.347 e. The van der Waals surface area contributed by atoms with E-state index in [0.717, 1.165) is 6.42 Å². The molecule has 0 spiro atoms. The second-order valence-electron chi connectivity index (χ2n) is 4.60. The Kier molecular flexibility index (Phi) is 3.60. The molecule has 3 heterocycles. The van der Waals surface area contributed by atoms with Gasteiger partial charge in [0.05, 0.1) is 0 Å². The van der Waals surface area contributed by atoms with E-state index in [9.17, 15) is 9.00 Å². The summed E-state index contributed by atoms with van der Waals surface area (Å²) in [5.74, 6) is 1.55. The molecular formula is C13H14N4O2S. The molecule has 1 aliphatic heterocycles. The third-order valence-corrected chi connectivity index (χ3v) is 4.59. The summed E-state index contributed by atoms with van der Waals surface area (Å²) in [4.78, 5) is 16.4. The maximum Gasteiger partial charge on any atom is 0.270 e. The summed E-state index contributed by atoms with van der Waals surface area (Å²) in [6.45, 7) is 0. The average molecular weight is 290 g/mol. The second-order valence-corrected chi connectivity index (χ2v) is 6.22. The van der Waals surface area contributed by atoms with Crippen LogP contribution >= 0.6 is 0 Å². The number of hydrogen-bond donors (Lipinski definition) is 1. The van der Waals surface area contributed by atoms with Crippen LogP contribution in [-0.4, -0.2) is 42.4 Å². The molecule has 6 nitrogen and oxygen atoms in total. The lowest BCUT2D eigenvalue weighted by Gasteiger charge is -2.11. The summed E-state index contributed by atoms with van der Waals surface area (Å²) in [5.41, 5.74) is 0.343. The Morgan fingerprint density at radius 3 is 3.00 bits per heavy atom. The van der Waals surface area contributed by atoms with Crippen LogP contribution in [0, 0.1) is 0 Å². The third kappa shape index (κ3) is 2.77. The van der Waals surface area contributed by atoms with Gasteiger partial charge in [0, 0.05) is 40.7 Å². The SMILES string of the molecule is O=C(N[C@@H]1CC[S@](=O)C1)c1cccc(-n2cccn2)n1. The van der Waals surface area contributed by atoms with Crippen molar-refractivity contribution < 1.29 is 9.00 Å². The number of hydrogen-bond acceptors (Lipinski definition) is 4. The van der Waals surface area contributed by atoms with E-state index < -0.39 is 10.8 Å². The van der Waals surface area contributed by atoms with Gasteiger partial charge < -0.3 is 5.32 Å². The fourth-order valence-electron chi connectivity index (χ4n) is 2.12. The summed E-state index contributed by atoms with van der Waals surface area (Å²) in [6.07, 6.45) is 4.18. The molecule has 7 heteroatoms. The number of amides is 1. The van der Waals surface area contributed by atoms with E-state index in [2.05, 4.69) is 15.4 Å². The molecule has 3 rings (SSSR count). The highest BCUT2D eigenvalue weighted by atomic mass is 32.2. The van der Waals surface area contributed by atoms with Gasteiger partial charge in [0.25, 0.3) is 5.91 Å². The molecule has 1 amide bonds. The molecule has 0 saturated carbocycles. The molecule has 2 atom stereocenters. The van der Waals surface area contributed by atoms with Crippen LogP contribution in [0.1, 0.15) is 16.9 Å². The number of nitrogens with zero attached hydrogens (tertiary/aromatic N) is 3. The van der Waals surface area contributed by atoms with Crippen LogP contribution < -0.4 is 5.32 Å². The predicted octanol–water partition coefficient (Wildman–Crippen LogP) is 0.518. The van der Waals surface area contributed by atoms with Crippen molar-refractivity contribution in [1.29, 1.82) is 0 Å². The topological polar surface area (TPSA) is 76.9 Å². The maximum atomic E-state index is 12.1. The largest absolute Gasteiger partial charge is 0.347 e. The third-order valence-electron chi connectivity index (χ3n) is 3.12. The van der Waals surface area contributed by atoms with E-state index >= 15 is 0 Å². The zero-order valence-corrected chi connectivity index (χ0v) is 11.5. The van der Waals surface area contributed by atoms with Crippen molar-refractivity contribution in [1.82, 2.24) is 20.1 Å². The lowest BCUT2D eigenvalue weighted by molar-refractivity contribution is 0.0936. The minimum atomic E-state index is -0.804. The smallest absolute Gasteiger partial charge is 0.270 e. The van der Waals surface area contributed by atoms with E-state index in [4.69, 9.17) is 0 Å². The number of aromatic nitrogens is 3. The van der Waals surface area contributed by atoms with Crippen molar-refractivity contribution in [3.63, 3.8) is 0 Å². The van der Waals surface area contributed by atoms with Gasteiger partial charge in [-0.2, -0.15) is 5.10 Å². The number of carbonyl (C=O) groups is 1. The van der Waals surface area contributed by atoms with Crippen molar-refractivity contribution in [2.24, 2.45) is 0 Å². The zero-order chi connectivity index (χ0) is 13.9. The van der Waals surface area contributed by atoms with Crippen molar-refractivity contribution >= 4 is 16.7 Å². The number of nitrogens with one attached hydrogen (secondary N) is 1. The van der Waals surface area contributed by atoms with Gasteiger partial charge in [0.2, 0.25) is 0 Å². The summed E-state index contributed by atoms with van der Waals surface area (Å²) in [5, 5.41) is 6.96. The van der Waals surface area contributed by atoms with E-state index in [1.54, 1.807) is 41.3 Å². The van der Waals surface area contributed by atoms with Crippen LogP contribution in [0.3, 0.4) is 0 Å². The average Bonchev–Trinajstić information content (AvgIpc) is 3.11. The van der Waals surface area contributed by atoms with Crippen LogP contribution in [-0.2, 0) is 10.8 Å². The van der Waals surface area contributed by atoms with Crippen LogP contribution in [0.15, 0.2) is 36.7 Å². The summed E-state index contributed by atoms with van der Waals surface area (Å²) in [6, 6.07) is 7.00. The molecular weight excluding hydrogens is 276 g/mol. The Hall–Kier alpha value is -2.02. The second kappa shape index (κ2) is 5.54. The highest BCUT2D eigenvalue weighted by molar-refractivity contribution is 7.85. The zero-order valence-electron chi connectivity index (χ0n) is 10.7. The molecule has 2 aromatic heterocycles. The van der Waals surface area contributed by atoms with E-state index in [1.165, 1.54) is 0 Å². The minimum absolute atomic E-state index is 0.0153. The first kappa shape index (κ1) is 13.0. The van der Waals surface area contributed by atoms with E-state index in [-0.39, 0.29) is 11.9 Å². The van der Waals surface area contributed by atoms with Crippen LogP contribution in [0.25, 0.3) is 5.82 Å². The summed E-state index contributed by atoms with van der Waals surface area (Å²) >= 11 is 0. The maximum absolute atomic E-state index is 12.1. The standard InChI is InChI=1S/C13H14N4O2S/c18-13(15-10-5-8-20(19)9-10)11-3-1-4-12(16-11)17-7-2-6-14-17/h1-4,6-7,10H,5,8-9H2,(H,15,18)/t10-,20+/m1/s1. The molecule has 104 valence electrons. The molecule has 0 unspecified atom stereocenters. The van der Waals surface area contributed by atoms with Gasteiger partial charge in [-0.25, -0.2) is 9.67 Å². The quantitative estimate of drug-likeness (QED) is 0.894. The number of pyridine rings is 1. The molecule has 0 radical (unpaired) electrons. The van der Waals surface area contributed by atoms with Crippen molar-refractivity contribution in [3.05, 3.63) is 42.4 Å². The molecule has 1 saturated heterocycles. The van der Waals surface area contributed by atoms with Crippen LogP contribution in [0.2, 0.25) is 0 Å². The first-order valence-corrected chi connectivity index (χ1v) is 7.84. The van der Waals surface area contributed by atoms with Gasteiger partial charge in [0.15, 0.2) is 5.82 Å². The molecule has 1 aliphatic rings. The first-order valence-electron chi connectivity index (χ1n) is 6.35. The van der Waals surface area contributed by atoms with Gasteiger partial charge in [0.1, 0.15) is 5.69 Å². The molecule has 0 aromatic carbocycles. The fraction of sp³-hybridized carbons (Fsp3) is 0.308. The molecule has 2 aromatic rings. The monoisotopic (exact) mass is 290 g/mol. The lowest BCUT2D eigenvalue weighted by Crippen LogP contribution is -2.35. The Bertz CT molecular complexity index is 642. The van der Waals surface area contributed by atoms with Gasteiger partial charge in [-0.05, 0) is 24.6 Å². The van der Waals surface area contributed by atoms with Crippen molar-refractivity contribution in [3.8, 4) is 5.82 Å². The Morgan fingerprint density at radius 1 is 1.40 bits per heavy atom. The Labute approximate surface area is 118 Å². The molecule has 0 aliphatic carbocycles. The van der Waals surface area contributed by atoms with Gasteiger partial charge in [-0.1, -0.05) is 6.07 Å². The van der Waals surface area contributed by atoms with Crippen LogP contribution in [0.4, 0.5) is 0 Å². The van der Waals surface area contributed by atoms with E-state index in [0.29, 0.717) is 23.0 Å². The predicted molar refractivity (Wildman–Crippen MR) is 75.1 cm³/mol. The molecule has 0 bridgehead atoms. The summed E-state index contributed by atoms with van der Waals surface area (Å²) in [7, 11) is -0.804. The van der Waals surface area contributed by atoms with Gasteiger partial charge in [-0.3, -0.25) is 9.00 Å².